The first-order valence-electron chi connectivity index (χ1n) is 6.70. The average Bonchev–Trinajstić information content (AvgIpc) is 2.49. The molecule has 0 aliphatic carbocycles. The van der Waals surface area contributed by atoms with Crippen LogP contribution < -0.4 is 10.6 Å². The van der Waals surface area contributed by atoms with Crippen molar-refractivity contribution in [3.8, 4) is 0 Å². The van der Waals surface area contributed by atoms with Gasteiger partial charge in [-0.1, -0.05) is 28.1 Å². The highest BCUT2D eigenvalue weighted by Crippen LogP contribution is 2.36. The number of carbonyl (C=O) groups is 1. The van der Waals surface area contributed by atoms with Gasteiger partial charge < -0.3 is 10.6 Å². The van der Waals surface area contributed by atoms with Gasteiger partial charge in [0.25, 0.3) is 0 Å². The number of thioether (sulfide) groups is 1. The molecular weight excluding hydrogens is 348 g/mol. The molecule has 0 saturated carbocycles. The van der Waals surface area contributed by atoms with Crippen molar-refractivity contribution in [2.45, 2.75) is 11.3 Å². The summed E-state index contributed by atoms with van der Waals surface area (Å²) in [5.41, 5.74) is 8.51. The summed E-state index contributed by atoms with van der Waals surface area (Å²) < 4.78 is 1.02. The summed E-state index contributed by atoms with van der Waals surface area (Å²) in [5.74, 6) is 1.03. The standard InChI is InChI=1S/C16H15BrN2OS/c17-12-3-1-11(2-4-12)9-16(20)19-7-8-21-15-6-5-13(18)10-14(15)19/h1-6,10H,7-9,18H2. The first-order chi connectivity index (χ1) is 10.1. The Hall–Kier alpha value is -1.46. The number of hydrogen-bond donors (Lipinski definition) is 1. The molecule has 2 N–H and O–H groups in total. The maximum Gasteiger partial charge on any atom is 0.231 e. The number of fused-ring (bicyclic) bond motifs is 1. The van der Waals surface area contributed by atoms with Gasteiger partial charge in [0, 0.05) is 27.4 Å². The Bertz CT molecular complexity index is 672. The molecule has 1 aliphatic heterocycles. The Morgan fingerprint density at radius 1 is 1.24 bits per heavy atom. The molecule has 1 aliphatic rings. The van der Waals surface area contributed by atoms with E-state index in [9.17, 15) is 4.79 Å². The van der Waals surface area contributed by atoms with Crippen LogP contribution in [-0.2, 0) is 11.2 Å². The van der Waals surface area contributed by atoms with Crippen LogP contribution in [0.3, 0.4) is 0 Å². The Morgan fingerprint density at radius 2 is 2.00 bits per heavy atom. The second kappa shape index (κ2) is 6.12. The quantitative estimate of drug-likeness (QED) is 0.828. The number of hydrogen-bond acceptors (Lipinski definition) is 3. The van der Waals surface area contributed by atoms with Crippen molar-refractivity contribution >= 4 is 45.0 Å². The molecule has 3 rings (SSSR count). The highest BCUT2D eigenvalue weighted by Gasteiger charge is 2.23. The largest absolute Gasteiger partial charge is 0.399 e. The molecule has 0 bridgehead atoms. The fourth-order valence-corrected chi connectivity index (χ4v) is 3.61. The van der Waals surface area contributed by atoms with E-state index in [1.54, 1.807) is 11.8 Å². The smallest absolute Gasteiger partial charge is 0.231 e. The van der Waals surface area contributed by atoms with E-state index in [4.69, 9.17) is 5.73 Å². The van der Waals surface area contributed by atoms with Crippen molar-refractivity contribution in [2.24, 2.45) is 0 Å². The third-order valence-corrected chi connectivity index (χ3v) is 4.99. The van der Waals surface area contributed by atoms with Gasteiger partial charge in [-0.25, -0.2) is 0 Å². The molecule has 0 spiro atoms. The van der Waals surface area contributed by atoms with Crippen molar-refractivity contribution < 1.29 is 4.79 Å². The molecule has 0 fully saturated rings. The number of benzene rings is 2. The molecule has 1 amide bonds. The first kappa shape index (κ1) is 14.5. The minimum atomic E-state index is 0.115. The summed E-state index contributed by atoms with van der Waals surface area (Å²) in [4.78, 5) is 15.6. The predicted octanol–water partition coefficient (Wildman–Crippen LogP) is 3.71. The molecule has 3 nitrogen and oxygen atoms in total. The van der Waals surface area contributed by atoms with E-state index >= 15 is 0 Å². The Labute approximate surface area is 136 Å². The van der Waals surface area contributed by atoms with Gasteiger partial charge in [-0.15, -0.1) is 11.8 Å². The number of nitrogens with zero attached hydrogens (tertiary/aromatic N) is 1. The van der Waals surface area contributed by atoms with Crippen molar-refractivity contribution in [1.82, 2.24) is 0 Å². The van der Waals surface area contributed by atoms with E-state index in [0.717, 1.165) is 32.9 Å². The van der Waals surface area contributed by atoms with Gasteiger partial charge in [-0.05, 0) is 35.9 Å². The Morgan fingerprint density at radius 3 is 2.76 bits per heavy atom. The molecule has 1 heterocycles. The normalized spacial score (nSPS) is 13.9. The maximum atomic E-state index is 12.6. The number of anilines is 2. The minimum absolute atomic E-state index is 0.115. The summed E-state index contributed by atoms with van der Waals surface area (Å²) in [6, 6.07) is 13.6. The average molecular weight is 363 g/mol. The second-order valence-corrected chi connectivity index (χ2v) is 6.98. The van der Waals surface area contributed by atoms with Crippen LogP contribution in [0, 0.1) is 0 Å². The molecule has 0 radical (unpaired) electrons. The predicted molar refractivity (Wildman–Crippen MR) is 91.8 cm³/mol. The monoisotopic (exact) mass is 362 g/mol. The van der Waals surface area contributed by atoms with Gasteiger partial charge in [0.05, 0.1) is 12.1 Å². The Kier molecular flexibility index (Phi) is 4.22. The summed E-state index contributed by atoms with van der Waals surface area (Å²) >= 11 is 5.18. The van der Waals surface area contributed by atoms with E-state index < -0.39 is 0 Å². The van der Waals surface area contributed by atoms with E-state index in [2.05, 4.69) is 15.9 Å². The lowest BCUT2D eigenvalue weighted by atomic mass is 10.1. The van der Waals surface area contributed by atoms with E-state index in [1.165, 1.54) is 0 Å². The lowest BCUT2D eigenvalue weighted by molar-refractivity contribution is -0.118. The van der Waals surface area contributed by atoms with Crippen LogP contribution in [0.5, 0.6) is 0 Å². The number of nitrogen functional groups attached to an aromatic ring is 1. The zero-order valence-corrected chi connectivity index (χ0v) is 13.8. The molecule has 0 saturated heterocycles. The Balaban J connectivity index is 1.83. The zero-order valence-electron chi connectivity index (χ0n) is 11.4. The van der Waals surface area contributed by atoms with Crippen LogP contribution in [0.15, 0.2) is 51.8 Å². The highest BCUT2D eigenvalue weighted by molar-refractivity contribution is 9.10. The summed E-state index contributed by atoms with van der Waals surface area (Å²) in [5, 5.41) is 0. The van der Waals surface area contributed by atoms with Crippen LogP contribution in [0.4, 0.5) is 11.4 Å². The number of carbonyl (C=O) groups excluding carboxylic acids is 1. The van der Waals surface area contributed by atoms with Crippen molar-refractivity contribution in [3.05, 3.63) is 52.5 Å². The molecule has 108 valence electrons. The van der Waals surface area contributed by atoms with Gasteiger partial charge >= 0.3 is 0 Å². The maximum absolute atomic E-state index is 12.6. The molecule has 21 heavy (non-hydrogen) atoms. The summed E-state index contributed by atoms with van der Waals surface area (Å²) in [7, 11) is 0. The van der Waals surface area contributed by atoms with Crippen LogP contribution >= 0.6 is 27.7 Å². The third kappa shape index (κ3) is 3.24. The number of halogens is 1. The minimum Gasteiger partial charge on any atom is -0.399 e. The topological polar surface area (TPSA) is 46.3 Å². The molecule has 2 aromatic rings. The van der Waals surface area contributed by atoms with E-state index in [-0.39, 0.29) is 5.91 Å². The molecular formula is C16H15BrN2OS. The molecule has 0 unspecified atom stereocenters. The van der Waals surface area contributed by atoms with Gasteiger partial charge in [-0.2, -0.15) is 0 Å². The number of amides is 1. The van der Waals surface area contributed by atoms with Crippen molar-refractivity contribution in [1.29, 1.82) is 0 Å². The molecule has 2 aromatic carbocycles. The fraction of sp³-hybridized carbons (Fsp3) is 0.188. The lowest BCUT2D eigenvalue weighted by Gasteiger charge is -2.29. The van der Waals surface area contributed by atoms with Crippen LogP contribution in [0.25, 0.3) is 0 Å². The summed E-state index contributed by atoms with van der Waals surface area (Å²) in [6.07, 6.45) is 0.409. The third-order valence-electron chi connectivity index (χ3n) is 3.42. The van der Waals surface area contributed by atoms with Gasteiger partial charge in [0.15, 0.2) is 0 Å². The number of rotatable bonds is 2. The summed E-state index contributed by atoms with van der Waals surface area (Å²) in [6.45, 7) is 0.733. The SMILES string of the molecule is Nc1ccc2c(c1)N(C(=O)Cc1ccc(Br)cc1)CCS2. The lowest BCUT2D eigenvalue weighted by Crippen LogP contribution is -2.36. The fourth-order valence-electron chi connectivity index (χ4n) is 2.37. The highest BCUT2D eigenvalue weighted by atomic mass is 79.9. The van der Waals surface area contributed by atoms with E-state index in [0.29, 0.717) is 12.1 Å². The molecule has 5 heteroatoms. The van der Waals surface area contributed by atoms with E-state index in [1.807, 2.05) is 47.4 Å². The first-order valence-corrected chi connectivity index (χ1v) is 8.48. The number of nitrogens with two attached hydrogens (primary N) is 1. The van der Waals surface area contributed by atoms with Crippen LogP contribution in [0.2, 0.25) is 0 Å². The molecule has 0 atom stereocenters. The zero-order chi connectivity index (χ0) is 14.8. The second-order valence-electron chi connectivity index (χ2n) is 4.92. The van der Waals surface area contributed by atoms with Gasteiger partial charge in [-0.3, -0.25) is 4.79 Å². The van der Waals surface area contributed by atoms with Crippen molar-refractivity contribution in [2.75, 3.05) is 22.9 Å². The van der Waals surface area contributed by atoms with Crippen LogP contribution in [-0.4, -0.2) is 18.2 Å². The van der Waals surface area contributed by atoms with Gasteiger partial charge in [0.2, 0.25) is 5.91 Å². The van der Waals surface area contributed by atoms with Crippen LogP contribution in [0.1, 0.15) is 5.56 Å². The van der Waals surface area contributed by atoms with Crippen molar-refractivity contribution in [3.63, 3.8) is 0 Å². The molecule has 0 aromatic heterocycles. The van der Waals surface area contributed by atoms with Gasteiger partial charge in [0.1, 0.15) is 0 Å².